The van der Waals surface area contributed by atoms with Crippen LogP contribution in [0.4, 0.5) is 0 Å². The van der Waals surface area contributed by atoms with Crippen LogP contribution in [0.3, 0.4) is 0 Å². The summed E-state index contributed by atoms with van der Waals surface area (Å²) in [5.74, 6) is 0.0412. The van der Waals surface area contributed by atoms with Gasteiger partial charge in [0.15, 0.2) is 0 Å². The fraction of sp³-hybridized carbons (Fsp3) is 0.417. The molecule has 1 heterocycles. The molecule has 0 bridgehead atoms. The summed E-state index contributed by atoms with van der Waals surface area (Å²) in [4.78, 5) is 13.9. The highest BCUT2D eigenvalue weighted by atomic mass is 79.9. The Kier molecular flexibility index (Phi) is 3.94. The third-order valence-electron chi connectivity index (χ3n) is 2.90. The van der Waals surface area contributed by atoms with Gasteiger partial charge in [0.1, 0.15) is 5.75 Å². The smallest absolute Gasteiger partial charge is 0.253 e. The zero-order valence-electron chi connectivity index (χ0n) is 9.20. The number of halogens is 2. The van der Waals surface area contributed by atoms with E-state index in [0.717, 1.165) is 12.8 Å². The third-order valence-corrected chi connectivity index (χ3v) is 4.01. The van der Waals surface area contributed by atoms with Crippen molar-refractivity contribution < 1.29 is 9.90 Å². The molecule has 0 radical (unpaired) electrons. The predicted octanol–water partition coefficient (Wildman–Crippen LogP) is 3.00. The molecule has 1 N–H and O–H groups in total. The van der Waals surface area contributed by atoms with Gasteiger partial charge in [-0.25, -0.2) is 0 Å². The van der Waals surface area contributed by atoms with Crippen molar-refractivity contribution in [2.45, 2.75) is 18.2 Å². The number of carbonyl (C=O) groups excluding carboxylic acids is 1. The summed E-state index contributed by atoms with van der Waals surface area (Å²) in [6.07, 6.45) is 1.66. The maximum atomic E-state index is 12.1. The van der Waals surface area contributed by atoms with Crippen LogP contribution in [0.5, 0.6) is 5.75 Å². The minimum absolute atomic E-state index is 0.0450. The molecular weight excluding hydrogens is 305 g/mol. The third kappa shape index (κ3) is 2.93. The van der Waals surface area contributed by atoms with Crippen molar-refractivity contribution >= 4 is 33.4 Å². The lowest BCUT2D eigenvalue weighted by molar-refractivity contribution is 0.0726. The van der Waals surface area contributed by atoms with Crippen LogP contribution >= 0.6 is 27.5 Å². The molecule has 1 amide bonds. The average molecular weight is 319 g/mol. The fourth-order valence-electron chi connectivity index (χ4n) is 1.88. The molecule has 92 valence electrons. The average Bonchev–Trinajstić information content (AvgIpc) is 2.33. The molecule has 0 unspecified atom stereocenters. The van der Waals surface area contributed by atoms with Crippen LogP contribution in [-0.2, 0) is 0 Å². The Morgan fingerprint density at radius 1 is 1.41 bits per heavy atom. The molecule has 1 aliphatic rings. The first kappa shape index (κ1) is 12.7. The van der Waals surface area contributed by atoms with Crippen LogP contribution in [-0.4, -0.2) is 34.4 Å². The molecule has 3 nitrogen and oxygen atoms in total. The second-order valence-corrected chi connectivity index (χ2v) is 5.60. The van der Waals surface area contributed by atoms with Gasteiger partial charge in [0, 0.05) is 24.0 Å². The van der Waals surface area contributed by atoms with Crippen molar-refractivity contribution in [1.82, 2.24) is 4.90 Å². The summed E-state index contributed by atoms with van der Waals surface area (Å²) >= 11 is 9.18. The number of carbonyl (C=O) groups is 1. The number of rotatable bonds is 1. The highest BCUT2D eigenvalue weighted by Gasteiger charge is 2.22. The molecule has 0 aromatic heterocycles. The topological polar surface area (TPSA) is 40.5 Å². The van der Waals surface area contributed by atoms with E-state index in [0.29, 0.717) is 23.1 Å². The number of alkyl halides is 1. The van der Waals surface area contributed by atoms with Crippen molar-refractivity contribution in [3.8, 4) is 5.75 Å². The monoisotopic (exact) mass is 317 g/mol. The Labute approximate surface area is 114 Å². The fourth-order valence-corrected chi connectivity index (χ4v) is 2.32. The van der Waals surface area contributed by atoms with E-state index in [1.807, 2.05) is 0 Å². The van der Waals surface area contributed by atoms with Crippen molar-refractivity contribution in [1.29, 1.82) is 0 Å². The van der Waals surface area contributed by atoms with Crippen LogP contribution in [0.25, 0.3) is 0 Å². The van der Waals surface area contributed by atoms with Gasteiger partial charge in [-0.3, -0.25) is 4.79 Å². The number of hydrogen-bond donors (Lipinski definition) is 1. The SMILES string of the molecule is O=C(c1ccc(Br)c(O)c1)N1CCC(Cl)CC1. The van der Waals surface area contributed by atoms with Gasteiger partial charge in [-0.1, -0.05) is 0 Å². The molecule has 1 fully saturated rings. The standard InChI is InChI=1S/C12H13BrClNO2/c13-10-2-1-8(7-11(10)16)12(17)15-5-3-9(14)4-6-15/h1-2,7,9,16H,3-6H2. The number of phenolic OH excluding ortho intramolecular Hbond substituents is 1. The first-order valence-electron chi connectivity index (χ1n) is 5.50. The Morgan fingerprint density at radius 3 is 2.65 bits per heavy atom. The number of piperidine rings is 1. The van der Waals surface area contributed by atoms with Gasteiger partial charge in [0.2, 0.25) is 0 Å². The zero-order chi connectivity index (χ0) is 12.4. The summed E-state index contributed by atoms with van der Waals surface area (Å²) < 4.78 is 0.591. The van der Waals surface area contributed by atoms with Crippen LogP contribution < -0.4 is 0 Å². The van der Waals surface area contributed by atoms with E-state index in [-0.39, 0.29) is 17.0 Å². The number of aromatic hydroxyl groups is 1. The Morgan fingerprint density at radius 2 is 2.06 bits per heavy atom. The first-order valence-corrected chi connectivity index (χ1v) is 6.72. The summed E-state index contributed by atoms with van der Waals surface area (Å²) in [6, 6.07) is 4.87. The lowest BCUT2D eigenvalue weighted by Gasteiger charge is -2.29. The molecule has 17 heavy (non-hydrogen) atoms. The van der Waals surface area contributed by atoms with Gasteiger partial charge in [0.25, 0.3) is 5.91 Å². The van der Waals surface area contributed by atoms with E-state index in [1.54, 1.807) is 17.0 Å². The van der Waals surface area contributed by atoms with Crippen molar-refractivity contribution in [3.63, 3.8) is 0 Å². The number of amides is 1. The number of benzene rings is 1. The van der Waals surface area contributed by atoms with Crippen molar-refractivity contribution in [3.05, 3.63) is 28.2 Å². The van der Waals surface area contributed by atoms with Gasteiger partial charge >= 0.3 is 0 Å². The molecular formula is C12H13BrClNO2. The molecule has 0 spiro atoms. The van der Waals surface area contributed by atoms with Gasteiger partial charge in [-0.15, -0.1) is 11.6 Å². The van der Waals surface area contributed by atoms with E-state index in [9.17, 15) is 9.90 Å². The molecule has 0 atom stereocenters. The summed E-state index contributed by atoms with van der Waals surface area (Å²) in [6.45, 7) is 1.37. The Balaban J connectivity index is 2.11. The lowest BCUT2D eigenvalue weighted by atomic mass is 10.1. The molecule has 0 saturated carbocycles. The maximum Gasteiger partial charge on any atom is 0.253 e. The van der Waals surface area contributed by atoms with Gasteiger partial charge < -0.3 is 10.0 Å². The second-order valence-electron chi connectivity index (χ2n) is 4.13. The minimum atomic E-state index is -0.0450. The molecule has 1 aromatic rings. The number of nitrogens with zero attached hydrogens (tertiary/aromatic N) is 1. The number of hydrogen-bond acceptors (Lipinski definition) is 2. The number of likely N-dealkylation sites (tertiary alicyclic amines) is 1. The van der Waals surface area contributed by atoms with Gasteiger partial charge in [-0.05, 0) is 47.0 Å². The normalized spacial score (nSPS) is 17.2. The predicted molar refractivity (Wildman–Crippen MR) is 70.6 cm³/mol. The molecule has 1 saturated heterocycles. The minimum Gasteiger partial charge on any atom is -0.507 e. The largest absolute Gasteiger partial charge is 0.507 e. The van der Waals surface area contributed by atoms with Gasteiger partial charge in [-0.2, -0.15) is 0 Å². The number of phenols is 1. The summed E-state index contributed by atoms with van der Waals surface area (Å²) in [5, 5.41) is 9.73. The van der Waals surface area contributed by atoms with Crippen LogP contribution in [0.2, 0.25) is 0 Å². The van der Waals surface area contributed by atoms with E-state index in [4.69, 9.17) is 11.6 Å². The van der Waals surface area contributed by atoms with Crippen molar-refractivity contribution in [2.75, 3.05) is 13.1 Å². The molecule has 0 aliphatic carbocycles. The van der Waals surface area contributed by atoms with E-state index in [2.05, 4.69) is 15.9 Å². The zero-order valence-corrected chi connectivity index (χ0v) is 11.5. The highest BCUT2D eigenvalue weighted by molar-refractivity contribution is 9.10. The maximum absolute atomic E-state index is 12.1. The lowest BCUT2D eigenvalue weighted by Crippen LogP contribution is -2.38. The Hall–Kier alpha value is -0.740. The van der Waals surface area contributed by atoms with Crippen molar-refractivity contribution in [2.24, 2.45) is 0 Å². The van der Waals surface area contributed by atoms with Gasteiger partial charge in [0.05, 0.1) is 4.47 Å². The highest BCUT2D eigenvalue weighted by Crippen LogP contribution is 2.25. The molecule has 5 heteroatoms. The molecule has 1 aromatic carbocycles. The van der Waals surface area contributed by atoms with Crippen LogP contribution in [0.1, 0.15) is 23.2 Å². The van der Waals surface area contributed by atoms with Crippen LogP contribution in [0, 0.1) is 0 Å². The van der Waals surface area contributed by atoms with Crippen LogP contribution in [0.15, 0.2) is 22.7 Å². The quantitative estimate of drug-likeness (QED) is 0.809. The molecule has 1 aliphatic heterocycles. The van der Waals surface area contributed by atoms with E-state index >= 15 is 0 Å². The van der Waals surface area contributed by atoms with E-state index < -0.39 is 0 Å². The first-order chi connectivity index (χ1) is 8.08. The summed E-state index contributed by atoms with van der Waals surface area (Å²) in [7, 11) is 0. The molecule has 2 rings (SSSR count). The second kappa shape index (κ2) is 5.27. The Bertz CT molecular complexity index is 431. The van der Waals surface area contributed by atoms with E-state index in [1.165, 1.54) is 6.07 Å². The summed E-state index contributed by atoms with van der Waals surface area (Å²) in [5.41, 5.74) is 0.513.